The van der Waals surface area contributed by atoms with Crippen LogP contribution < -0.4 is 20.4 Å². The normalized spacial score (nSPS) is 15.5. The van der Waals surface area contributed by atoms with Crippen molar-refractivity contribution in [3.05, 3.63) is 47.2 Å². The van der Waals surface area contributed by atoms with Crippen LogP contribution in [0.1, 0.15) is 29.7 Å². The highest BCUT2D eigenvalue weighted by molar-refractivity contribution is 5.97. The molecular weight excluding hydrogens is 431 g/mol. The van der Waals surface area contributed by atoms with Crippen molar-refractivity contribution >= 4 is 28.2 Å². The van der Waals surface area contributed by atoms with Gasteiger partial charge in [-0.2, -0.15) is 13.2 Å². The van der Waals surface area contributed by atoms with E-state index in [-0.39, 0.29) is 5.56 Å². The van der Waals surface area contributed by atoms with Gasteiger partial charge in [0.15, 0.2) is 11.6 Å². The summed E-state index contributed by atoms with van der Waals surface area (Å²) in [6.07, 6.45) is -2.56. The number of nitrogens with zero attached hydrogens (tertiary/aromatic N) is 5. The SMILES string of the molecule is Cc1c([C@@H](C)Nc2nnc(N(C)C)c3ncc(N4CCNCC4)cc23)cccc1C(F)(F)F. The van der Waals surface area contributed by atoms with Crippen LogP contribution in [-0.4, -0.2) is 55.5 Å². The van der Waals surface area contributed by atoms with Crippen molar-refractivity contribution in [2.24, 2.45) is 0 Å². The zero-order valence-corrected chi connectivity index (χ0v) is 19.2. The average molecular weight is 460 g/mol. The number of aromatic nitrogens is 3. The minimum absolute atomic E-state index is 0.201. The average Bonchev–Trinajstić information content (AvgIpc) is 2.78. The molecule has 1 aliphatic heterocycles. The molecular formula is C23H28F3N7. The smallest absolute Gasteiger partial charge is 0.368 e. The van der Waals surface area contributed by atoms with E-state index in [4.69, 9.17) is 0 Å². The number of halogens is 3. The van der Waals surface area contributed by atoms with Crippen molar-refractivity contribution in [2.45, 2.75) is 26.1 Å². The minimum atomic E-state index is -4.40. The monoisotopic (exact) mass is 459 g/mol. The fourth-order valence-corrected chi connectivity index (χ4v) is 4.23. The number of nitrogens with one attached hydrogen (secondary N) is 2. The molecule has 0 spiro atoms. The van der Waals surface area contributed by atoms with E-state index in [9.17, 15) is 13.2 Å². The molecule has 176 valence electrons. The number of hydrogen-bond acceptors (Lipinski definition) is 7. The molecule has 2 aromatic heterocycles. The van der Waals surface area contributed by atoms with Gasteiger partial charge in [0.05, 0.1) is 28.9 Å². The Morgan fingerprint density at radius 3 is 2.55 bits per heavy atom. The molecule has 1 aromatic carbocycles. The molecule has 0 unspecified atom stereocenters. The maximum Gasteiger partial charge on any atom is 0.416 e. The van der Waals surface area contributed by atoms with Crippen molar-refractivity contribution in [2.75, 3.05) is 55.4 Å². The summed E-state index contributed by atoms with van der Waals surface area (Å²) in [5.41, 5.74) is 1.79. The number of hydrogen-bond donors (Lipinski definition) is 2. The second-order valence-corrected chi connectivity index (χ2v) is 8.48. The number of piperazine rings is 1. The molecule has 33 heavy (non-hydrogen) atoms. The molecule has 0 radical (unpaired) electrons. The topological polar surface area (TPSA) is 69.2 Å². The van der Waals surface area contributed by atoms with E-state index in [0.717, 1.165) is 43.3 Å². The van der Waals surface area contributed by atoms with E-state index in [1.807, 2.05) is 38.2 Å². The summed E-state index contributed by atoms with van der Waals surface area (Å²) in [6, 6.07) is 5.86. The highest BCUT2D eigenvalue weighted by atomic mass is 19.4. The first-order valence-corrected chi connectivity index (χ1v) is 10.9. The maximum atomic E-state index is 13.4. The number of pyridine rings is 1. The third-order valence-electron chi connectivity index (χ3n) is 5.99. The molecule has 0 bridgehead atoms. The molecule has 4 rings (SSSR count). The summed E-state index contributed by atoms with van der Waals surface area (Å²) in [6.45, 7) is 6.85. The third-order valence-corrected chi connectivity index (χ3v) is 5.99. The van der Waals surface area contributed by atoms with Gasteiger partial charge in [0.1, 0.15) is 5.52 Å². The molecule has 3 aromatic rings. The summed E-state index contributed by atoms with van der Waals surface area (Å²) in [4.78, 5) is 8.78. The zero-order valence-electron chi connectivity index (χ0n) is 19.2. The van der Waals surface area contributed by atoms with Gasteiger partial charge in [-0.25, -0.2) is 4.98 Å². The predicted molar refractivity (Wildman–Crippen MR) is 125 cm³/mol. The van der Waals surface area contributed by atoms with Gasteiger partial charge in [0.2, 0.25) is 0 Å². The molecule has 1 saturated heterocycles. The van der Waals surface area contributed by atoms with Gasteiger partial charge in [0.25, 0.3) is 0 Å². The molecule has 10 heteroatoms. The number of rotatable bonds is 5. The molecule has 1 fully saturated rings. The number of fused-ring (bicyclic) bond motifs is 1. The highest BCUT2D eigenvalue weighted by Gasteiger charge is 2.33. The van der Waals surface area contributed by atoms with Crippen LogP contribution >= 0.6 is 0 Å². The summed E-state index contributed by atoms with van der Waals surface area (Å²) in [7, 11) is 3.74. The lowest BCUT2D eigenvalue weighted by atomic mass is 9.97. The van der Waals surface area contributed by atoms with Gasteiger partial charge < -0.3 is 20.4 Å². The second-order valence-electron chi connectivity index (χ2n) is 8.48. The third kappa shape index (κ3) is 4.66. The Morgan fingerprint density at radius 1 is 1.15 bits per heavy atom. The van der Waals surface area contributed by atoms with Gasteiger partial charge in [0, 0.05) is 40.3 Å². The van der Waals surface area contributed by atoms with Crippen LogP contribution in [0.4, 0.5) is 30.5 Å². The first-order valence-electron chi connectivity index (χ1n) is 10.9. The van der Waals surface area contributed by atoms with Crippen molar-refractivity contribution in [1.82, 2.24) is 20.5 Å². The molecule has 2 N–H and O–H groups in total. The van der Waals surface area contributed by atoms with Crippen LogP contribution in [0.5, 0.6) is 0 Å². The number of benzene rings is 1. The summed E-state index contributed by atoms with van der Waals surface area (Å²) in [5, 5.41) is 16.1. The van der Waals surface area contributed by atoms with E-state index < -0.39 is 17.8 Å². The summed E-state index contributed by atoms with van der Waals surface area (Å²) >= 11 is 0. The molecule has 1 aliphatic rings. The first kappa shape index (κ1) is 23.0. The van der Waals surface area contributed by atoms with Gasteiger partial charge >= 0.3 is 6.18 Å². The van der Waals surface area contributed by atoms with Crippen LogP contribution in [0.15, 0.2) is 30.5 Å². The Bertz CT molecular complexity index is 1140. The van der Waals surface area contributed by atoms with Crippen LogP contribution in [0.2, 0.25) is 0 Å². The van der Waals surface area contributed by atoms with Gasteiger partial charge in [-0.15, -0.1) is 10.2 Å². The van der Waals surface area contributed by atoms with E-state index in [1.165, 1.54) is 13.0 Å². The van der Waals surface area contributed by atoms with Crippen LogP contribution in [0.3, 0.4) is 0 Å². The van der Waals surface area contributed by atoms with Crippen LogP contribution in [0, 0.1) is 6.92 Å². The fraction of sp³-hybridized carbons (Fsp3) is 0.435. The number of alkyl halides is 3. The zero-order chi connectivity index (χ0) is 23.8. The summed E-state index contributed by atoms with van der Waals surface area (Å²) in [5.74, 6) is 1.12. The predicted octanol–water partition coefficient (Wildman–Crippen LogP) is 4.00. The largest absolute Gasteiger partial charge is 0.416 e. The van der Waals surface area contributed by atoms with E-state index >= 15 is 0 Å². The summed E-state index contributed by atoms with van der Waals surface area (Å²) < 4.78 is 40.2. The van der Waals surface area contributed by atoms with Gasteiger partial charge in [-0.3, -0.25) is 0 Å². The molecule has 3 heterocycles. The van der Waals surface area contributed by atoms with Crippen molar-refractivity contribution < 1.29 is 13.2 Å². The lowest BCUT2D eigenvalue weighted by Crippen LogP contribution is -2.43. The number of anilines is 3. The molecule has 0 amide bonds. The van der Waals surface area contributed by atoms with Crippen molar-refractivity contribution in [3.63, 3.8) is 0 Å². The quantitative estimate of drug-likeness (QED) is 0.598. The molecule has 1 atom stereocenters. The van der Waals surface area contributed by atoms with Crippen LogP contribution in [0.25, 0.3) is 10.9 Å². The van der Waals surface area contributed by atoms with Gasteiger partial charge in [-0.05, 0) is 37.1 Å². The van der Waals surface area contributed by atoms with Gasteiger partial charge in [-0.1, -0.05) is 12.1 Å². The van der Waals surface area contributed by atoms with Crippen molar-refractivity contribution in [1.29, 1.82) is 0 Å². The molecule has 0 saturated carbocycles. The molecule has 0 aliphatic carbocycles. The Morgan fingerprint density at radius 2 is 1.88 bits per heavy atom. The Kier molecular flexibility index (Phi) is 6.29. The maximum absolute atomic E-state index is 13.4. The Labute approximate surface area is 191 Å². The Hall–Kier alpha value is -3.14. The molecule has 7 nitrogen and oxygen atoms in total. The first-order chi connectivity index (χ1) is 15.7. The lowest BCUT2D eigenvalue weighted by Gasteiger charge is -2.29. The van der Waals surface area contributed by atoms with Crippen LogP contribution in [-0.2, 0) is 6.18 Å². The van der Waals surface area contributed by atoms with E-state index in [0.29, 0.717) is 22.7 Å². The van der Waals surface area contributed by atoms with E-state index in [2.05, 4.69) is 30.7 Å². The fourth-order valence-electron chi connectivity index (χ4n) is 4.23. The minimum Gasteiger partial charge on any atom is -0.368 e. The highest BCUT2D eigenvalue weighted by Crippen LogP contribution is 2.36. The standard InChI is InChI=1S/C23H28F3N7/c1-14-17(6-5-7-19(14)23(24,25)26)15(2)29-21-18-12-16(33-10-8-27-9-11-33)13-28-20(18)22(31-30-21)32(3)4/h5-7,12-13,15,27H,8-11H2,1-4H3,(H,29,30)/t15-/m1/s1. The Balaban J connectivity index is 1.75. The van der Waals surface area contributed by atoms with E-state index in [1.54, 1.807) is 6.07 Å². The van der Waals surface area contributed by atoms with Crippen molar-refractivity contribution in [3.8, 4) is 0 Å². The second kappa shape index (κ2) is 9.01. The lowest BCUT2D eigenvalue weighted by molar-refractivity contribution is -0.138.